The molecule has 0 aliphatic heterocycles. The van der Waals surface area contributed by atoms with Crippen LogP contribution in [0.5, 0.6) is 0 Å². The molecule has 2 aromatic heterocycles. The van der Waals surface area contributed by atoms with Crippen LogP contribution in [0.25, 0.3) is 16.9 Å². The van der Waals surface area contributed by atoms with E-state index in [9.17, 15) is 9.59 Å². The van der Waals surface area contributed by atoms with Crippen LogP contribution in [0.1, 0.15) is 22.0 Å². The van der Waals surface area contributed by atoms with E-state index in [0.717, 1.165) is 11.3 Å². The maximum atomic E-state index is 12.9. The zero-order valence-corrected chi connectivity index (χ0v) is 17.6. The molecule has 0 saturated carbocycles. The first-order valence-electron chi connectivity index (χ1n) is 9.49. The molecule has 4 rings (SSSR count). The lowest BCUT2D eigenvalue weighted by Gasteiger charge is -2.12. The predicted octanol–water partition coefficient (Wildman–Crippen LogP) is 4.21. The summed E-state index contributed by atoms with van der Waals surface area (Å²) in [5, 5.41) is 7.62. The van der Waals surface area contributed by atoms with Crippen LogP contribution in [-0.2, 0) is 0 Å². The highest BCUT2D eigenvalue weighted by molar-refractivity contribution is 6.30. The van der Waals surface area contributed by atoms with Crippen molar-refractivity contribution >= 4 is 23.2 Å². The van der Waals surface area contributed by atoms with E-state index >= 15 is 0 Å². The van der Waals surface area contributed by atoms with Gasteiger partial charge in [-0.05, 0) is 56.3 Å². The molecule has 4 aromatic rings. The van der Waals surface area contributed by atoms with E-state index in [2.05, 4.69) is 20.4 Å². The summed E-state index contributed by atoms with van der Waals surface area (Å²) in [6.07, 6.45) is 1.68. The Balaban J connectivity index is 1.65. The van der Waals surface area contributed by atoms with Crippen LogP contribution in [0.2, 0.25) is 5.02 Å². The number of hydrogen-bond donors (Lipinski definition) is 1. The fourth-order valence-electron chi connectivity index (χ4n) is 3.11. The van der Waals surface area contributed by atoms with Crippen LogP contribution in [-0.4, -0.2) is 25.7 Å². The Kier molecular flexibility index (Phi) is 5.60. The van der Waals surface area contributed by atoms with Crippen molar-refractivity contribution in [2.75, 3.05) is 5.32 Å². The molecular formula is C23H18ClN5O2. The molecule has 0 aliphatic rings. The third-order valence-electron chi connectivity index (χ3n) is 4.59. The minimum atomic E-state index is -0.594. The molecule has 154 valence electrons. The standard InChI is InChI=1S/C23H18ClN5O2/c1-14-12-21(30)22(28-29(14)19-8-6-17(24)7-9-19)23(31)27-18-5-3-4-16(13-18)20-10-11-25-15(2)26-20/h3-13H,1-2H3,(H,27,31). The molecule has 2 heterocycles. The number of hydrogen-bond acceptors (Lipinski definition) is 5. The monoisotopic (exact) mass is 431 g/mol. The highest BCUT2D eigenvalue weighted by atomic mass is 35.5. The molecule has 0 bridgehead atoms. The van der Waals surface area contributed by atoms with Crippen LogP contribution < -0.4 is 10.7 Å². The number of carbonyl (C=O) groups excluding carboxylic acids is 1. The number of nitrogens with zero attached hydrogens (tertiary/aromatic N) is 4. The van der Waals surface area contributed by atoms with Crippen LogP contribution in [0.4, 0.5) is 5.69 Å². The van der Waals surface area contributed by atoms with Crippen molar-refractivity contribution in [3.8, 4) is 16.9 Å². The van der Waals surface area contributed by atoms with Crippen molar-refractivity contribution in [1.29, 1.82) is 0 Å². The predicted molar refractivity (Wildman–Crippen MR) is 120 cm³/mol. The van der Waals surface area contributed by atoms with Gasteiger partial charge in [0.2, 0.25) is 5.43 Å². The molecule has 1 amide bonds. The average Bonchev–Trinajstić information content (AvgIpc) is 2.75. The summed E-state index contributed by atoms with van der Waals surface area (Å²) in [5.74, 6) is 0.0577. The molecule has 0 atom stereocenters. The third kappa shape index (κ3) is 4.51. The normalized spacial score (nSPS) is 10.7. The van der Waals surface area contributed by atoms with Gasteiger partial charge in [0.05, 0.1) is 11.4 Å². The fraction of sp³-hybridized carbons (Fsp3) is 0.0870. The molecule has 0 aliphatic carbocycles. The highest BCUT2D eigenvalue weighted by Crippen LogP contribution is 2.21. The van der Waals surface area contributed by atoms with Crippen molar-refractivity contribution in [1.82, 2.24) is 19.7 Å². The van der Waals surface area contributed by atoms with E-state index < -0.39 is 11.3 Å². The second-order valence-corrected chi connectivity index (χ2v) is 7.35. The number of anilines is 1. The maximum Gasteiger partial charge on any atom is 0.280 e. The van der Waals surface area contributed by atoms with Gasteiger partial charge in [0.15, 0.2) is 5.69 Å². The molecule has 0 spiro atoms. The first kappa shape index (κ1) is 20.4. The molecular weight excluding hydrogens is 414 g/mol. The van der Waals surface area contributed by atoms with E-state index in [1.165, 1.54) is 10.7 Å². The van der Waals surface area contributed by atoms with Crippen molar-refractivity contribution in [2.24, 2.45) is 0 Å². The zero-order chi connectivity index (χ0) is 22.0. The van der Waals surface area contributed by atoms with Gasteiger partial charge in [-0.2, -0.15) is 5.10 Å². The number of benzene rings is 2. The van der Waals surface area contributed by atoms with E-state index in [1.807, 2.05) is 13.0 Å². The molecule has 1 N–H and O–H groups in total. The Morgan fingerprint density at radius 1 is 1.03 bits per heavy atom. The Morgan fingerprint density at radius 3 is 2.55 bits per heavy atom. The minimum Gasteiger partial charge on any atom is -0.320 e. The summed E-state index contributed by atoms with van der Waals surface area (Å²) in [5.41, 5.74) is 2.72. The zero-order valence-electron chi connectivity index (χ0n) is 16.8. The Labute approximate surface area is 183 Å². The molecule has 0 unspecified atom stereocenters. The molecule has 7 nitrogen and oxygen atoms in total. The smallest absolute Gasteiger partial charge is 0.280 e. The second kappa shape index (κ2) is 8.49. The van der Waals surface area contributed by atoms with Crippen molar-refractivity contribution < 1.29 is 4.79 Å². The second-order valence-electron chi connectivity index (χ2n) is 6.91. The lowest BCUT2D eigenvalue weighted by Crippen LogP contribution is -2.26. The number of amides is 1. The number of halogens is 1. The van der Waals surface area contributed by atoms with Gasteiger partial charge >= 0.3 is 0 Å². The van der Waals surface area contributed by atoms with Crippen LogP contribution in [0, 0.1) is 13.8 Å². The summed E-state index contributed by atoms with van der Waals surface area (Å²) >= 11 is 5.95. The van der Waals surface area contributed by atoms with Gasteiger partial charge in [-0.3, -0.25) is 9.59 Å². The Morgan fingerprint density at radius 2 is 1.81 bits per heavy atom. The van der Waals surface area contributed by atoms with Gasteiger partial charge < -0.3 is 5.32 Å². The summed E-state index contributed by atoms with van der Waals surface area (Å²) in [4.78, 5) is 33.8. The number of rotatable bonds is 4. The number of nitrogens with one attached hydrogen (secondary N) is 1. The van der Waals surface area contributed by atoms with Crippen molar-refractivity contribution in [3.05, 3.63) is 99.3 Å². The van der Waals surface area contributed by atoms with E-state index in [1.54, 1.807) is 61.7 Å². The summed E-state index contributed by atoms with van der Waals surface area (Å²) in [6.45, 7) is 3.56. The maximum absolute atomic E-state index is 12.9. The lowest BCUT2D eigenvalue weighted by atomic mass is 10.1. The first-order chi connectivity index (χ1) is 14.9. The Bertz CT molecular complexity index is 1330. The van der Waals surface area contributed by atoms with E-state index in [0.29, 0.717) is 27.9 Å². The van der Waals surface area contributed by atoms with Gasteiger partial charge in [0.1, 0.15) is 5.82 Å². The van der Waals surface area contributed by atoms with Crippen LogP contribution >= 0.6 is 11.6 Å². The van der Waals surface area contributed by atoms with Crippen molar-refractivity contribution in [3.63, 3.8) is 0 Å². The average molecular weight is 432 g/mol. The van der Waals surface area contributed by atoms with Gasteiger partial charge in [0, 0.05) is 34.2 Å². The summed E-state index contributed by atoms with van der Waals surface area (Å²) in [7, 11) is 0. The third-order valence-corrected chi connectivity index (χ3v) is 4.84. The molecule has 0 fully saturated rings. The number of carbonyl (C=O) groups is 1. The van der Waals surface area contributed by atoms with Gasteiger partial charge in [-0.1, -0.05) is 23.7 Å². The summed E-state index contributed by atoms with van der Waals surface area (Å²) < 4.78 is 1.53. The van der Waals surface area contributed by atoms with Crippen LogP contribution in [0.15, 0.2) is 71.7 Å². The molecule has 31 heavy (non-hydrogen) atoms. The Hall–Kier alpha value is -3.84. The quantitative estimate of drug-likeness (QED) is 0.522. The topological polar surface area (TPSA) is 89.8 Å². The number of aromatic nitrogens is 4. The van der Waals surface area contributed by atoms with Gasteiger partial charge in [-0.15, -0.1) is 0 Å². The van der Waals surface area contributed by atoms with Gasteiger partial charge in [-0.25, -0.2) is 14.6 Å². The van der Waals surface area contributed by atoms with Gasteiger partial charge in [0.25, 0.3) is 5.91 Å². The summed E-state index contributed by atoms with van der Waals surface area (Å²) in [6, 6.07) is 17.4. The molecule has 2 aromatic carbocycles. The van der Waals surface area contributed by atoms with E-state index in [4.69, 9.17) is 11.6 Å². The molecule has 0 saturated heterocycles. The first-order valence-corrected chi connectivity index (χ1v) is 9.87. The minimum absolute atomic E-state index is 0.205. The fourth-order valence-corrected chi connectivity index (χ4v) is 3.24. The molecule has 8 heteroatoms. The molecule has 0 radical (unpaired) electrons. The highest BCUT2D eigenvalue weighted by Gasteiger charge is 2.16. The lowest BCUT2D eigenvalue weighted by molar-refractivity contribution is 0.101. The van der Waals surface area contributed by atoms with Crippen molar-refractivity contribution in [2.45, 2.75) is 13.8 Å². The van der Waals surface area contributed by atoms with Crippen LogP contribution in [0.3, 0.4) is 0 Å². The largest absolute Gasteiger partial charge is 0.320 e. The number of aryl methyl sites for hydroxylation is 2. The SMILES string of the molecule is Cc1nccc(-c2cccc(NC(=O)c3nn(-c4ccc(Cl)cc4)c(C)cc3=O)c2)n1. The van der Waals surface area contributed by atoms with E-state index in [-0.39, 0.29) is 5.69 Å².